The van der Waals surface area contributed by atoms with Gasteiger partial charge >= 0.3 is 0 Å². The Morgan fingerprint density at radius 3 is 2.88 bits per heavy atom. The lowest BCUT2D eigenvalue weighted by Crippen LogP contribution is -2.27. The average molecular weight is 250 g/mol. The van der Waals surface area contributed by atoms with Crippen molar-refractivity contribution in [1.82, 2.24) is 5.32 Å². The number of nitrogens with two attached hydrogens (primary N) is 1. The molecule has 0 atom stereocenters. The fourth-order valence-corrected chi connectivity index (χ4v) is 3.45. The van der Waals surface area contributed by atoms with Crippen LogP contribution in [0.25, 0.3) is 0 Å². The Kier molecular flexibility index (Phi) is 4.75. The smallest absolute Gasteiger partial charge is 0.0452 e. The van der Waals surface area contributed by atoms with E-state index in [1.807, 2.05) is 17.8 Å². The summed E-state index contributed by atoms with van der Waals surface area (Å²) in [5.74, 6) is 2.10. The van der Waals surface area contributed by atoms with E-state index in [0.717, 1.165) is 11.6 Å². The number of hydrogen-bond donors (Lipinski definition) is 2. The normalized spacial score (nSPS) is 17.2. The van der Waals surface area contributed by atoms with Crippen molar-refractivity contribution in [2.45, 2.75) is 31.1 Å². The minimum Gasteiger partial charge on any atom is -0.398 e. The largest absolute Gasteiger partial charge is 0.398 e. The summed E-state index contributed by atoms with van der Waals surface area (Å²) in [7, 11) is 0. The van der Waals surface area contributed by atoms with Crippen LogP contribution < -0.4 is 11.1 Å². The van der Waals surface area contributed by atoms with Gasteiger partial charge < -0.3 is 11.1 Å². The van der Waals surface area contributed by atoms with E-state index in [-0.39, 0.29) is 0 Å². The van der Waals surface area contributed by atoms with Crippen LogP contribution >= 0.6 is 11.8 Å². The third-order valence-electron chi connectivity index (χ3n) is 3.41. The third-order valence-corrected chi connectivity index (χ3v) is 4.52. The molecule has 1 aliphatic rings. The molecule has 3 N–H and O–H groups in total. The fourth-order valence-electron chi connectivity index (χ4n) is 2.27. The van der Waals surface area contributed by atoms with Gasteiger partial charge in [-0.25, -0.2) is 0 Å². The molecule has 3 heteroatoms. The van der Waals surface area contributed by atoms with E-state index < -0.39 is 0 Å². The molecule has 2 nitrogen and oxygen atoms in total. The minimum atomic E-state index is 0.912. The Morgan fingerprint density at radius 1 is 1.35 bits per heavy atom. The number of benzene rings is 1. The monoisotopic (exact) mass is 250 g/mol. The van der Waals surface area contributed by atoms with Crippen molar-refractivity contribution in [1.29, 1.82) is 0 Å². The standard InChI is InChI=1S/C14H22N2S/c1-11-2-3-13(15)14(10-11)17-9-6-12-4-7-16-8-5-12/h2-3,10,12,16H,4-9,15H2,1H3. The van der Waals surface area contributed by atoms with Gasteiger partial charge in [0.15, 0.2) is 0 Å². The average Bonchev–Trinajstić information content (AvgIpc) is 2.35. The molecule has 1 aromatic rings. The van der Waals surface area contributed by atoms with Crippen LogP contribution in [0.2, 0.25) is 0 Å². The van der Waals surface area contributed by atoms with Crippen LogP contribution in [0.5, 0.6) is 0 Å². The van der Waals surface area contributed by atoms with Crippen molar-refractivity contribution in [2.75, 3.05) is 24.6 Å². The number of piperidine rings is 1. The predicted molar refractivity (Wildman–Crippen MR) is 76.5 cm³/mol. The third kappa shape index (κ3) is 3.93. The molecule has 0 bridgehead atoms. The van der Waals surface area contributed by atoms with Gasteiger partial charge in [0.25, 0.3) is 0 Å². The summed E-state index contributed by atoms with van der Waals surface area (Å²) in [4.78, 5) is 1.25. The van der Waals surface area contributed by atoms with Gasteiger partial charge in [-0.1, -0.05) is 6.07 Å². The van der Waals surface area contributed by atoms with Crippen LogP contribution in [0, 0.1) is 12.8 Å². The first-order valence-electron chi connectivity index (χ1n) is 6.45. The van der Waals surface area contributed by atoms with Gasteiger partial charge in [0, 0.05) is 10.6 Å². The topological polar surface area (TPSA) is 38.0 Å². The highest BCUT2D eigenvalue weighted by molar-refractivity contribution is 7.99. The molecule has 0 unspecified atom stereocenters. The maximum Gasteiger partial charge on any atom is 0.0452 e. The van der Waals surface area contributed by atoms with Crippen LogP contribution in [0.4, 0.5) is 5.69 Å². The highest BCUT2D eigenvalue weighted by Gasteiger charge is 2.12. The molecule has 17 heavy (non-hydrogen) atoms. The van der Waals surface area contributed by atoms with Gasteiger partial charge in [-0.05, 0) is 68.6 Å². The summed E-state index contributed by atoms with van der Waals surface area (Å²) < 4.78 is 0. The van der Waals surface area contributed by atoms with E-state index >= 15 is 0 Å². The molecule has 0 saturated carbocycles. The second-order valence-corrected chi connectivity index (χ2v) is 6.01. The van der Waals surface area contributed by atoms with E-state index in [1.165, 1.54) is 48.6 Å². The lowest BCUT2D eigenvalue weighted by molar-refractivity contribution is 0.367. The number of hydrogen-bond acceptors (Lipinski definition) is 3. The zero-order chi connectivity index (χ0) is 12.1. The van der Waals surface area contributed by atoms with Gasteiger partial charge in [0.2, 0.25) is 0 Å². The molecular formula is C14H22N2S. The van der Waals surface area contributed by atoms with E-state index in [0.29, 0.717) is 0 Å². The highest BCUT2D eigenvalue weighted by Crippen LogP contribution is 2.28. The SMILES string of the molecule is Cc1ccc(N)c(SCCC2CCNCC2)c1. The second kappa shape index (κ2) is 6.31. The number of rotatable bonds is 4. The van der Waals surface area contributed by atoms with E-state index in [9.17, 15) is 0 Å². The quantitative estimate of drug-likeness (QED) is 0.637. The molecule has 0 aliphatic carbocycles. The number of nitrogens with one attached hydrogen (secondary N) is 1. The Morgan fingerprint density at radius 2 is 2.12 bits per heavy atom. The summed E-state index contributed by atoms with van der Waals surface area (Å²) in [6.45, 7) is 4.51. The van der Waals surface area contributed by atoms with Crippen molar-refractivity contribution in [3.8, 4) is 0 Å². The first-order chi connectivity index (χ1) is 8.25. The first kappa shape index (κ1) is 12.8. The number of aryl methyl sites for hydroxylation is 1. The Labute approximate surface area is 108 Å². The zero-order valence-electron chi connectivity index (χ0n) is 10.5. The molecule has 0 radical (unpaired) electrons. The van der Waals surface area contributed by atoms with E-state index in [4.69, 9.17) is 5.73 Å². The van der Waals surface area contributed by atoms with Crippen LogP contribution in [0.3, 0.4) is 0 Å². The van der Waals surface area contributed by atoms with Gasteiger partial charge in [0.1, 0.15) is 0 Å². The van der Waals surface area contributed by atoms with Gasteiger partial charge in [-0.3, -0.25) is 0 Å². The van der Waals surface area contributed by atoms with E-state index in [2.05, 4.69) is 24.4 Å². The molecule has 0 spiro atoms. The van der Waals surface area contributed by atoms with E-state index in [1.54, 1.807) is 0 Å². The van der Waals surface area contributed by atoms with Crippen LogP contribution in [-0.4, -0.2) is 18.8 Å². The lowest BCUT2D eigenvalue weighted by Gasteiger charge is -2.22. The Balaban J connectivity index is 1.79. The summed E-state index contributed by atoms with van der Waals surface area (Å²) in [5.41, 5.74) is 8.19. The molecule has 2 rings (SSSR count). The van der Waals surface area contributed by atoms with Gasteiger partial charge in [0.05, 0.1) is 0 Å². The number of nitrogen functional groups attached to an aromatic ring is 1. The molecule has 1 aliphatic heterocycles. The lowest BCUT2D eigenvalue weighted by atomic mass is 9.96. The first-order valence-corrected chi connectivity index (χ1v) is 7.44. The maximum absolute atomic E-state index is 5.98. The van der Waals surface area contributed by atoms with Crippen molar-refractivity contribution < 1.29 is 0 Å². The number of thioether (sulfide) groups is 1. The molecular weight excluding hydrogens is 228 g/mol. The van der Waals surface area contributed by atoms with Crippen molar-refractivity contribution in [3.63, 3.8) is 0 Å². The van der Waals surface area contributed by atoms with Crippen molar-refractivity contribution in [2.24, 2.45) is 5.92 Å². The van der Waals surface area contributed by atoms with Crippen LogP contribution in [0.1, 0.15) is 24.8 Å². The minimum absolute atomic E-state index is 0.912. The number of anilines is 1. The summed E-state index contributed by atoms with van der Waals surface area (Å²) in [6.07, 6.45) is 3.99. The molecule has 1 aromatic carbocycles. The Hall–Kier alpha value is -0.670. The van der Waals surface area contributed by atoms with Crippen molar-refractivity contribution >= 4 is 17.4 Å². The molecule has 1 heterocycles. The summed E-state index contributed by atoms with van der Waals surface area (Å²) >= 11 is 1.91. The van der Waals surface area contributed by atoms with Crippen LogP contribution in [0.15, 0.2) is 23.1 Å². The molecule has 0 amide bonds. The van der Waals surface area contributed by atoms with Gasteiger partial charge in [-0.2, -0.15) is 0 Å². The summed E-state index contributed by atoms with van der Waals surface area (Å²) in [6, 6.07) is 6.29. The van der Waals surface area contributed by atoms with Crippen molar-refractivity contribution in [3.05, 3.63) is 23.8 Å². The summed E-state index contributed by atoms with van der Waals surface area (Å²) in [5, 5.41) is 3.41. The zero-order valence-corrected chi connectivity index (χ0v) is 11.4. The molecule has 1 saturated heterocycles. The van der Waals surface area contributed by atoms with Gasteiger partial charge in [-0.15, -0.1) is 11.8 Å². The Bertz CT molecular complexity index is 359. The fraction of sp³-hybridized carbons (Fsp3) is 0.571. The molecule has 0 aromatic heterocycles. The predicted octanol–water partition coefficient (Wildman–Crippen LogP) is 3.06. The maximum atomic E-state index is 5.98. The second-order valence-electron chi connectivity index (χ2n) is 4.87. The molecule has 1 fully saturated rings. The molecule has 94 valence electrons. The van der Waals surface area contributed by atoms with Crippen LogP contribution in [-0.2, 0) is 0 Å². The highest BCUT2D eigenvalue weighted by atomic mass is 32.2.